The van der Waals surface area contributed by atoms with Crippen molar-refractivity contribution < 1.29 is 27.8 Å². The third-order valence-electron chi connectivity index (χ3n) is 5.09. The predicted molar refractivity (Wildman–Crippen MR) is 120 cm³/mol. The van der Waals surface area contributed by atoms with E-state index in [-0.39, 0.29) is 17.2 Å². The zero-order valence-corrected chi connectivity index (χ0v) is 18.6. The lowest BCUT2D eigenvalue weighted by Crippen LogP contribution is -2.49. The van der Waals surface area contributed by atoms with Gasteiger partial charge < -0.3 is 19.9 Å². The van der Waals surface area contributed by atoms with E-state index in [9.17, 15) is 18.3 Å². The minimum atomic E-state index is -3.83. The average molecular weight is 461 g/mol. The number of carbonyl (C=O) groups excluding carboxylic acids is 1. The summed E-state index contributed by atoms with van der Waals surface area (Å²) in [5.74, 6) is 0.368. The monoisotopic (exact) mass is 460 g/mol. The van der Waals surface area contributed by atoms with Gasteiger partial charge in [-0.1, -0.05) is 42.5 Å². The summed E-state index contributed by atoms with van der Waals surface area (Å²) >= 11 is 0. The van der Waals surface area contributed by atoms with Gasteiger partial charge >= 0.3 is 0 Å². The smallest absolute Gasteiger partial charge is 0.241 e. The molecule has 2 aromatic rings. The summed E-state index contributed by atoms with van der Waals surface area (Å²) in [6.45, 7) is 0.110. The predicted octanol–water partition coefficient (Wildman–Crippen LogP) is 1.41. The van der Waals surface area contributed by atoms with Crippen molar-refractivity contribution in [2.24, 2.45) is 0 Å². The number of benzene rings is 2. The minimum absolute atomic E-state index is 0.0725. The molecule has 2 aromatic carbocycles. The van der Waals surface area contributed by atoms with Gasteiger partial charge in [-0.2, -0.15) is 0 Å². The zero-order valence-electron chi connectivity index (χ0n) is 17.8. The van der Waals surface area contributed by atoms with Crippen LogP contribution in [-0.2, 0) is 26.0 Å². The van der Waals surface area contributed by atoms with Gasteiger partial charge in [-0.05, 0) is 36.2 Å². The highest BCUT2D eigenvalue weighted by Crippen LogP contribution is 2.20. The minimum Gasteiger partial charge on any atom is -0.497 e. The standard InChI is InChI=1S/C23H28N2O6S/c1-30-18-7-10-20(11-8-18)32(28,29)25-21-12-9-19(31-22(21)16-26)15-23(27)24-14-13-17-5-3-2-4-6-17/h2-12,19,21-22,25-26H,13-16H2,1H3,(H,24,27)/t19-,21-,22-/m1/s1. The molecule has 0 saturated heterocycles. The largest absolute Gasteiger partial charge is 0.497 e. The molecular formula is C23H28N2O6S. The van der Waals surface area contributed by atoms with Crippen molar-refractivity contribution in [3.8, 4) is 5.75 Å². The Labute approximate surface area is 188 Å². The first-order valence-corrected chi connectivity index (χ1v) is 11.8. The number of rotatable bonds is 10. The third kappa shape index (κ3) is 6.64. The Balaban J connectivity index is 1.53. The lowest BCUT2D eigenvalue weighted by atomic mass is 10.1. The first-order valence-electron chi connectivity index (χ1n) is 10.3. The second kappa shape index (κ2) is 11.2. The van der Waals surface area contributed by atoms with Crippen LogP contribution in [0.5, 0.6) is 5.75 Å². The fraction of sp³-hybridized carbons (Fsp3) is 0.348. The van der Waals surface area contributed by atoms with E-state index in [2.05, 4.69) is 10.0 Å². The summed E-state index contributed by atoms with van der Waals surface area (Å²) in [5, 5.41) is 12.6. The molecule has 3 rings (SSSR count). The maximum Gasteiger partial charge on any atom is 0.241 e. The van der Waals surface area contributed by atoms with Crippen LogP contribution >= 0.6 is 0 Å². The molecule has 1 aliphatic heterocycles. The number of aliphatic hydroxyl groups is 1. The fourth-order valence-electron chi connectivity index (χ4n) is 3.36. The second-order valence-corrected chi connectivity index (χ2v) is 9.11. The number of hydrogen-bond acceptors (Lipinski definition) is 6. The van der Waals surface area contributed by atoms with Crippen LogP contribution in [0, 0.1) is 0 Å². The number of ether oxygens (including phenoxy) is 2. The van der Waals surface area contributed by atoms with Gasteiger partial charge in [0.1, 0.15) is 11.9 Å². The first kappa shape index (κ1) is 23.9. The van der Waals surface area contributed by atoms with Gasteiger partial charge in [0.05, 0.1) is 37.2 Å². The maximum absolute atomic E-state index is 12.7. The molecular weight excluding hydrogens is 432 g/mol. The Morgan fingerprint density at radius 1 is 1.09 bits per heavy atom. The van der Waals surface area contributed by atoms with Crippen LogP contribution < -0.4 is 14.8 Å². The SMILES string of the molecule is COc1ccc(S(=O)(=O)N[C@@H]2C=C[C@H](CC(=O)NCCc3ccccc3)O[C@@H]2CO)cc1. The van der Waals surface area contributed by atoms with Crippen molar-refractivity contribution in [2.45, 2.75) is 36.0 Å². The van der Waals surface area contributed by atoms with Crippen molar-refractivity contribution >= 4 is 15.9 Å². The zero-order chi connectivity index (χ0) is 23.0. The van der Waals surface area contributed by atoms with E-state index in [1.165, 1.54) is 19.2 Å². The molecule has 0 fully saturated rings. The molecule has 0 bridgehead atoms. The molecule has 1 heterocycles. The van der Waals surface area contributed by atoms with Crippen molar-refractivity contribution in [2.75, 3.05) is 20.3 Å². The Morgan fingerprint density at radius 2 is 1.81 bits per heavy atom. The first-order chi connectivity index (χ1) is 15.4. The van der Waals surface area contributed by atoms with E-state index >= 15 is 0 Å². The van der Waals surface area contributed by atoms with E-state index in [0.717, 1.165) is 12.0 Å². The molecule has 0 saturated carbocycles. The highest BCUT2D eigenvalue weighted by atomic mass is 32.2. The molecule has 3 atom stereocenters. The molecule has 0 aromatic heterocycles. The van der Waals surface area contributed by atoms with Crippen LogP contribution in [0.2, 0.25) is 0 Å². The molecule has 9 heteroatoms. The van der Waals surface area contributed by atoms with Crippen LogP contribution in [0.15, 0.2) is 71.6 Å². The quantitative estimate of drug-likeness (QED) is 0.462. The van der Waals surface area contributed by atoms with E-state index in [1.807, 2.05) is 30.3 Å². The average Bonchev–Trinajstić information content (AvgIpc) is 2.80. The molecule has 172 valence electrons. The third-order valence-corrected chi connectivity index (χ3v) is 6.56. The van der Waals surface area contributed by atoms with Crippen LogP contribution in [0.1, 0.15) is 12.0 Å². The summed E-state index contributed by atoms with van der Waals surface area (Å²) in [6, 6.07) is 15.1. The molecule has 8 nitrogen and oxygen atoms in total. The highest BCUT2D eigenvalue weighted by Gasteiger charge is 2.31. The highest BCUT2D eigenvalue weighted by molar-refractivity contribution is 7.89. The summed E-state index contributed by atoms with van der Waals surface area (Å²) in [5.41, 5.74) is 1.13. The van der Waals surface area contributed by atoms with Crippen molar-refractivity contribution in [1.82, 2.24) is 10.0 Å². The second-order valence-electron chi connectivity index (χ2n) is 7.39. The van der Waals surface area contributed by atoms with Crippen molar-refractivity contribution in [3.05, 3.63) is 72.3 Å². The van der Waals surface area contributed by atoms with Gasteiger partial charge in [-0.25, -0.2) is 13.1 Å². The van der Waals surface area contributed by atoms with Crippen molar-refractivity contribution in [3.63, 3.8) is 0 Å². The van der Waals surface area contributed by atoms with Gasteiger partial charge in [0, 0.05) is 6.54 Å². The number of hydrogen-bond donors (Lipinski definition) is 3. The van der Waals surface area contributed by atoms with Crippen LogP contribution in [0.4, 0.5) is 0 Å². The Hall–Kier alpha value is -2.72. The number of nitrogens with one attached hydrogen (secondary N) is 2. The number of carbonyl (C=O) groups is 1. The summed E-state index contributed by atoms with van der Waals surface area (Å²) in [7, 11) is -2.34. The number of methoxy groups -OCH3 is 1. The van der Waals surface area contributed by atoms with Gasteiger partial charge in [0.2, 0.25) is 15.9 Å². The van der Waals surface area contributed by atoms with Crippen LogP contribution in [0.3, 0.4) is 0 Å². The van der Waals surface area contributed by atoms with Gasteiger partial charge in [0.15, 0.2) is 0 Å². The molecule has 0 aliphatic carbocycles. The Morgan fingerprint density at radius 3 is 2.47 bits per heavy atom. The van der Waals surface area contributed by atoms with E-state index in [1.54, 1.807) is 24.3 Å². The van der Waals surface area contributed by atoms with E-state index < -0.39 is 34.9 Å². The molecule has 0 radical (unpaired) electrons. The van der Waals surface area contributed by atoms with Crippen LogP contribution in [-0.4, -0.2) is 57.9 Å². The molecule has 1 aliphatic rings. The van der Waals surface area contributed by atoms with Crippen LogP contribution in [0.25, 0.3) is 0 Å². The van der Waals surface area contributed by atoms with E-state index in [4.69, 9.17) is 9.47 Å². The number of amides is 1. The molecule has 32 heavy (non-hydrogen) atoms. The van der Waals surface area contributed by atoms with Gasteiger partial charge in [-0.3, -0.25) is 4.79 Å². The summed E-state index contributed by atoms with van der Waals surface area (Å²) in [4.78, 5) is 12.3. The summed E-state index contributed by atoms with van der Waals surface area (Å²) < 4.78 is 38.7. The topological polar surface area (TPSA) is 114 Å². The van der Waals surface area contributed by atoms with Crippen molar-refractivity contribution in [1.29, 1.82) is 0 Å². The molecule has 0 spiro atoms. The van der Waals surface area contributed by atoms with Gasteiger partial charge in [0.25, 0.3) is 0 Å². The molecule has 3 N–H and O–H groups in total. The number of aliphatic hydroxyl groups excluding tert-OH is 1. The number of sulfonamides is 1. The molecule has 1 amide bonds. The summed E-state index contributed by atoms with van der Waals surface area (Å²) in [6.07, 6.45) is 2.71. The van der Waals surface area contributed by atoms with E-state index in [0.29, 0.717) is 12.3 Å². The fourth-order valence-corrected chi connectivity index (χ4v) is 4.58. The lowest BCUT2D eigenvalue weighted by Gasteiger charge is -2.31. The maximum atomic E-state index is 12.7. The Bertz CT molecular complexity index is 1010. The lowest BCUT2D eigenvalue weighted by molar-refractivity contribution is -0.125. The normalized spacial score (nSPS) is 20.6. The molecule has 0 unspecified atom stereocenters. The Kier molecular flexibility index (Phi) is 8.40. The van der Waals surface area contributed by atoms with Gasteiger partial charge in [-0.15, -0.1) is 0 Å².